The second-order valence-electron chi connectivity index (χ2n) is 5.81. The molecule has 0 spiro atoms. The first kappa shape index (κ1) is 14.3. The monoisotopic (exact) mass is 245 g/mol. The van der Waals surface area contributed by atoms with Crippen LogP contribution in [-0.4, -0.2) is 35.3 Å². The van der Waals surface area contributed by atoms with Crippen molar-refractivity contribution in [3.05, 3.63) is 0 Å². The van der Waals surface area contributed by atoms with Crippen LogP contribution in [0, 0.1) is 11.8 Å². The Balaban J connectivity index is 2.35. The van der Waals surface area contributed by atoms with Gasteiger partial charge in [-0.3, -0.25) is 0 Å². The van der Waals surface area contributed by atoms with Crippen LogP contribution in [0.4, 0.5) is 0 Å². The predicted molar refractivity (Wildman–Crippen MR) is 73.0 cm³/mol. The minimum Gasteiger partial charge on any atom is -0.388 e. The molecule has 1 aliphatic carbocycles. The fourth-order valence-corrected chi connectivity index (χ4v) is 3.25. The number of aliphatic hydroxyl groups is 1. The van der Waals surface area contributed by atoms with Crippen LogP contribution in [-0.2, 0) is 0 Å². The predicted octanol–water partition coefficient (Wildman–Crippen LogP) is 2.51. The Hall–Kier alpha value is 0.270. The van der Waals surface area contributed by atoms with Crippen molar-refractivity contribution in [2.75, 3.05) is 18.6 Å². The molecule has 1 saturated carbocycles. The van der Waals surface area contributed by atoms with Crippen LogP contribution >= 0.6 is 11.8 Å². The average molecular weight is 245 g/mol. The zero-order chi connectivity index (χ0) is 12.2. The Morgan fingerprint density at radius 2 is 2.06 bits per heavy atom. The summed E-state index contributed by atoms with van der Waals surface area (Å²) in [6.07, 6.45) is 5.99. The van der Waals surface area contributed by atoms with Crippen molar-refractivity contribution < 1.29 is 5.11 Å². The van der Waals surface area contributed by atoms with E-state index in [2.05, 4.69) is 19.2 Å². The lowest BCUT2D eigenvalue weighted by atomic mass is 9.80. The molecule has 0 aliphatic heterocycles. The summed E-state index contributed by atoms with van der Waals surface area (Å²) < 4.78 is 0. The van der Waals surface area contributed by atoms with Gasteiger partial charge in [0, 0.05) is 18.3 Å². The van der Waals surface area contributed by atoms with Crippen LogP contribution < -0.4 is 5.32 Å². The van der Waals surface area contributed by atoms with E-state index in [4.69, 9.17) is 0 Å². The lowest BCUT2D eigenvalue weighted by molar-refractivity contribution is 0.0737. The molecule has 1 rings (SSSR count). The lowest BCUT2D eigenvalue weighted by Gasteiger charge is -2.35. The Morgan fingerprint density at radius 3 is 2.69 bits per heavy atom. The Bertz CT molecular complexity index is 208. The van der Waals surface area contributed by atoms with Gasteiger partial charge in [-0.05, 0) is 37.9 Å². The van der Waals surface area contributed by atoms with E-state index in [0.29, 0.717) is 6.04 Å². The van der Waals surface area contributed by atoms with Gasteiger partial charge < -0.3 is 10.4 Å². The van der Waals surface area contributed by atoms with Gasteiger partial charge in [-0.25, -0.2) is 0 Å². The number of nitrogens with one attached hydrogen (secondary N) is 1. The maximum Gasteiger partial charge on any atom is 0.0833 e. The summed E-state index contributed by atoms with van der Waals surface area (Å²) in [7, 11) is 0. The van der Waals surface area contributed by atoms with E-state index in [0.717, 1.165) is 24.1 Å². The van der Waals surface area contributed by atoms with Crippen molar-refractivity contribution >= 4 is 11.8 Å². The van der Waals surface area contributed by atoms with Gasteiger partial charge in [0.15, 0.2) is 0 Å². The highest BCUT2D eigenvalue weighted by Gasteiger charge is 2.27. The topological polar surface area (TPSA) is 32.3 Å². The second-order valence-corrected chi connectivity index (χ2v) is 6.68. The van der Waals surface area contributed by atoms with Gasteiger partial charge in [-0.15, -0.1) is 0 Å². The fraction of sp³-hybridized carbons (Fsp3) is 1.00. The summed E-state index contributed by atoms with van der Waals surface area (Å²) in [6, 6.07) is 0.595. The highest BCUT2D eigenvalue weighted by atomic mass is 32.2. The zero-order valence-electron chi connectivity index (χ0n) is 11.1. The third-order valence-electron chi connectivity index (χ3n) is 3.66. The summed E-state index contributed by atoms with van der Waals surface area (Å²) in [6.45, 7) is 7.30. The van der Waals surface area contributed by atoms with Gasteiger partial charge in [-0.2, -0.15) is 11.8 Å². The van der Waals surface area contributed by atoms with Crippen LogP contribution in [0.5, 0.6) is 0 Å². The molecule has 16 heavy (non-hydrogen) atoms. The first-order chi connectivity index (χ1) is 7.44. The maximum absolute atomic E-state index is 10.1. The highest BCUT2D eigenvalue weighted by Crippen LogP contribution is 2.28. The molecule has 1 aliphatic rings. The van der Waals surface area contributed by atoms with Crippen molar-refractivity contribution in [1.82, 2.24) is 5.32 Å². The van der Waals surface area contributed by atoms with Crippen LogP contribution in [0.25, 0.3) is 0 Å². The molecule has 0 bridgehead atoms. The molecular formula is C13H27NOS. The normalized spacial score (nSPS) is 34.7. The van der Waals surface area contributed by atoms with Crippen LogP contribution in [0.2, 0.25) is 0 Å². The van der Waals surface area contributed by atoms with E-state index in [1.54, 1.807) is 11.8 Å². The number of rotatable bonds is 5. The maximum atomic E-state index is 10.1. The molecule has 0 amide bonds. The van der Waals surface area contributed by atoms with Crippen molar-refractivity contribution in [2.24, 2.45) is 11.8 Å². The van der Waals surface area contributed by atoms with Crippen molar-refractivity contribution in [2.45, 2.75) is 51.7 Å². The minimum absolute atomic E-state index is 0.570. The van der Waals surface area contributed by atoms with Crippen molar-refractivity contribution in [3.8, 4) is 0 Å². The van der Waals surface area contributed by atoms with E-state index in [1.807, 2.05) is 13.2 Å². The van der Waals surface area contributed by atoms with Gasteiger partial charge in [0.1, 0.15) is 0 Å². The summed E-state index contributed by atoms with van der Waals surface area (Å²) in [5.41, 5.74) is -0.570. The van der Waals surface area contributed by atoms with Gasteiger partial charge in [0.25, 0.3) is 0 Å². The molecule has 0 radical (unpaired) electrons. The molecule has 4 atom stereocenters. The molecule has 0 saturated heterocycles. The van der Waals surface area contributed by atoms with E-state index in [-0.39, 0.29) is 0 Å². The van der Waals surface area contributed by atoms with Gasteiger partial charge >= 0.3 is 0 Å². The Labute approximate surface area is 105 Å². The van der Waals surface area contributed by atoms with Gasteiger partial charge in [-0.1, -0.05) is 20.3 Å². The molecule has 0 heterocycles. The average Bonchev–Trinajstić information content (AvgIpc) is 2.19. The van der Waals surface area contributed by atoms with Gasteiger partial charge in [0.05, 0.1) is 5.60 Å². The standard InChI is InChI=1S/C13H27NOS/c1-10-5-6-11(2)12(7-10)14-8-13(3,15)9-16-4/h10-12,14-15H,5-9H2,1-4H3. The SMILES string of the molecule is CSCC(C)(O)CNC1CC(C)CCC1C. The smallest absolute Gasteiger partial charge is 0.0833 e. The first-order valence-corrected chi connectivity index (χ1v) is 7.78. The quantitative estimate of drug-likeness (QED) is 0.780. The summed E-state index contributed by atoms with van der Waals surface area (Å²) in [5, 5.41) is 13.7. The number of hydrogen-bond acceptors (Lipinski definition) is 3. The molecule has 96 valence electrons. The largest absolute Gasteiger partial charge is 0.388 e. The summed E-state index contributed by atoms with van der Waals surface area (Å²) in [4.78, 5) is 0. The zero-order valence-corrected chi connectivity index (χ0v) is 11.9. The third-order valence-corrected chi connectivity index (χ3v) is 4.57. The highest BCUT2D eigenvalue weighted by molar-refractivity contribution is 7.98. The Morgan fingerprint density at radius 1 is 1.38 bits per heavy atom. The van der Waals surface area contributed by atoms with Crippen LogP contribution in [0.3, 0.4) is 0 Å². The van der Waals surface area contributed by atoms with Crippen LogP contribution in [0.15, 0.2) is 0 Å². The minimum atomic E-state index is -0.570. The van der Waals surface area contributed by atoms with E-state index in [9.17, 15) is 5.11 Å². The lowest BCUT2D eigenvalue weighted by Crippen LogP contribution is -2.48. The Kier molecular flexibility index (Phi) is 5.62. The second kappa shape index (κ2) is 6.27. The van der Waals surface area contributed by atoms with E-state index >= 15 is 0 Å². The molecular weight excluding hydrogens is 218 g/mol. The van der Waals surface area contributed by atoms with E-state index in [1.165, 1.54) is 19.3 Å². The van der Waals surface area contributed by atoms with Crippen molar-refractivity contribution in [3.63, 3.8) is 0 Å². The summed E-state index contributed by atoms with van der Waals surface area (Å²) in [5.74, 6) is 2.39. The molecule has 4 unspecified atom stereocenters. The summed E-state index contributed by atoms with van der Waals surface area (Å²) >= 11 is 1.71. The van der Waals surface area contributed by atoms with Crippen LogP contribution in [0.1, 0.15) is 40.0 Å². The number of hydrogen-bond donors (Lipinski definition) is 2. The first-order valence-electron chi connectivity index (χ1n) is 6.39. The molecule has 3 heteroatoms. The molecule has 0 aromatic rings. The molecule has 0 aromatic carbocycles. The fourth-order valence-electron chi connectivity index (χ4n) is 2.53. The van der Waals surface area contributed by atoms with E-state index < -0.39 is 5.60 Å². The molecule has 1 fully saturated rings. The number of thioether (sulfide) groups is 1. The van der Waals surface area contributed by atoms with Crippen molar-refractivity contribution in [1.29, 1.82) is 0 Å². The third kappa shape index (κ3) is 4.64. The molecule has 2 N–H and O–H groups in total. The van der Waals surface area contributed by atoms with Gasteiger partial charge in [0.2, 0.25) is 0 Å². The molecule has 0 aromatic heterocycles. The molecule has 2 nitrogen and oxygen atoms in total.